The Kier molecular flexibility index (Phi) is 3.92. The molecule has 0 atom stereocenters. The summed E-state index contributed by atoms with van der Waals surface area (Å²) in [5.74, 6) is -0.0712. The zero-order chi connectivity index (χ0) is 13.8. The number of methoxy groups -OCH3 is 1. The van der Waals surface area contributed by atoms with E-state index in [1.165, 1.54) is 19.2 Å². The van der Waals surface area contributed by atoms with Crippen molar-refractivity contribution in [1.29, 1.82) is 0 Å². The van der Waals surface area contributed by atoms with Crippen LogP contribution in [-0.2, 0) is 0 Å². The van der Waals surface area contributed by atoms with Crippen molar-refractivity contribution in [2.24, 2.45) is 0 Å². The van der Waals surface area contributed by atoms with Gasteiger partial charge in [-0.2, -0.15) is 0 Å². The molecule has 0 saturated heterocycles. The number of carbonyl (C=O) groups excluding carboxylic acids is 1. The summed E-state index contributed by atoms with van der Waals surface area (Å²) in [6, 6.07) is 11.3. The van der Waals surface area contributed by atoms with Gasteiger partial charge in [-0.1, -0.05) is 17.7 Å². The van der Waals surface area contributed by atoms with Crippen LogP contribution in [0, 0.1) is 0 Å². The van der Waals surface area contributed by atoms with Gasteiger partial charge in [0, 0.05) is 16.8 Å². The summed E-state index contributed by atoms with van der Waals surface area (Å²) < 4.78 is 4.95. The highest BCUT2D eigenvalue weighted by Crippen LogP contribution is 2.24. The zero-order valence-corrected chi connectivity index (χ0v) is 10.9. The predicted molar refractivity (Wildman–Crippen MR) is 74.1 cm³/mol. The number of phenols is 1. The highest BCUT2D eigenvalue weighted by molar-refractivity contribution is 6.31. The smallest absolute Gasteiger partial charge is 0.259 e. The van der Waals surface area contributed by atoms with Crippen LogP contribution in [0.2, 0.25) is 5.02 Å². The van der Waals surface area contributed by atoms with Gasteiger partial charge >= 0.3 is 0 Å². The Morgan fingerprint density at radius 1 is 1.26 bits per heavy atom. The maximum atomic E-state index is 12.0. The van der Waals surface area contributed by atoms with Crippen molar-refractivity contribution in [3.63, 3.8) is 0 Å². The average molecular weight is 278 g/mol. The normalized spacial score (nSPS) is 10.0. The molecule has 0 saturated carbocycles. The summed E-state index contributed by atoms with van der Waals surface area (Å²) >= 11 is 5.83. The molecule has 0 heterocycles. The number of hydrogen-bond acceptors (Lipinski definition) is 3. The minimum absolute atomic E-state index is 0.140. The first-order valence-electron chi connectivity index (χ1n) is 5.54. The average Bonchev–Trinajstić information content (AvgIpc) is 2.38. The van der Waals surface area contributed by atoms with E-state index in [-0.39, 0.29) is 11.3 Å². The fourth-order valence-electron chi connectivity index (χ4n) is 1.60. The van der Waals surface area contributed by atoms with Crippen LogP contribution in [0.5, 0.6) is 11.5 Å². The van der Waals surface area contributed by atoms with Gasteiger partial charge in [0.1, 0.15) is 11.5 Å². The number of benzene rings is 2. The number of carbonyl (C=O) groups is 1. The summed E-state index contributed by atoms with van der Waals surface area (Å²) in [5, 5.41) is 12.9. The Balaban J connectivity index is 2.20. The van der Waals surface area contributed by atoms with Gasteiger partial charge in [0.25, 0.3) is 5.91 Å². The van der Waals surface area contributed by atoms with Gasteiger partial charge in [0.15, 0.2) is 0 Å². The quantitative estimate of drug-likeness (QED) is 0.905. The first-order valence-corrected chi connectivity index (χ1v) is 5.92. The van der Waals surface area contributed by atoms with E-state index >= 15 is 0 Å². The Labute approximate surface area is 115 Å². The molecule has 0 radical (unpaired) electrons. The van der Waals surface area contributed by atoms with E-state index in [0.29, 0.717) is 16.5 Å². The van der Waals surface area contributed by atoms with E-state index < -0.39 is 5.91 Å². The lowest BCUT2D eigenvalue weighted by Gasteiger charge is -2.08. The van der Waals surface area contributed by atoms with Crippen LogP contribution < -0.4 is 10.1 Å². The zero-order valence-electron chi connectivity index (χ0n) is 10.2. The summed E-state index contributed by atoms with van der Waals surface area (Å²) in [6.07, 6.45) is 0. The summed E-state index contributed by atoms with van der Waals surface area (Å²) in [7, 11) is 1.49. The molecule has 2 aromatic rings. The molecule has 98 valence electrons. The largest absolute Gasteiger partial charge is 0.507 e. The van der Waals surface area contributed by atoms with Crippen LogP contribution in [0.3, 0.4) is 0 Å². The van der Waals surface area contributed by atoms with E-state index in [2.05, 4.69) is 5.32 Å². The van der Waals surface area contributed by atoms with Crippen molar-refractivity contribution in [1.82, 2.24) is 0 Å². The topological polar surface area (TPSA) is 58.6 Å². The number of halogens is 1. The lowest BCUT2D eigenvalue weighted by molar-refractivity contribution is 0.102. The fourth-order valence-corrected chi connectivity index (χ4v) is 1.79. The molecular formula is C14H12ClNO3. The van der Waals surface area contributed by atoms with Crippen molar-refractivity contribution in [3.8, 4) is 11.5 Å². The highest BCUT2D eigenvalue weighted by atomic mass is 35.5. The van der Waals surface area contributed by atoms with Gasteiger partial charge in [-0.05, 0) is 30.3 Å². The number of nitrogens with one attached hydrogen (secondary N) is 1. The number of aromatic hydroxyl groups is 1. The Bertz CT molecular complexity index is 613. The Morgan fingerprint density at radius 2 is 2.05 bits per heavy atom. The third-order valence-electron chi connectivity index (χ3n) is 2.53. The maximum absolute atomic E-state index is 12.0. The fraction of sp³-hybridized carbons (Fsp3) is 0.0714. The van der Waals surface area contributed by atoms with Crippen LogP contribution in [0.25, 0.3) is 0 Å². The van der Waals surface area contributed by atoms with E-state index in [4.69, 9.17) is 16.3 Å². The lowest BCUT2D eigenvalue weighted by Crippen LogP contribution is -2.12. The van der Waals surface area contributed by atoms with Gasteiger partial charge in [0.2, 0.25) is 0 Å². The SMILES string of the molecule is COc1ccc(C(=O)Nc2cccc(Cl)c2)c(O)c1. The molecular weight excluding hydrogens is 266 g/mol. The highest BCUT2D eigenvalue weighted by Gasteiger charge is 2.12. The van der Waals surface area contributed by atoms with E-state index in [1.54, 1.807) is 30.3 Å². The van der Waals surface area contributed by atoms with Crippen molar-refractivity contribution >= 4 is 23.2 Å². The summed E-state index contributed by atoms with van der Waals surface area (Å²) in [6.45, 7) is 0. The van der Waals surface area contributed by atoms with Gasteiger partial charge in [0.05, 0.1) is 12.7 Å². The molecule has 0 aliphatic rings. The van der Waals surface area contributed by atoms with Gasteiger partial charge in [-0.25, -0.2) is 0 Å². The number of anilines is 1. The lowest BCUT2D eigenvalue weighted by atomic mass is 10.1. The molecule has 0 fully saturated rings. The van der Waals surface area contributed by atoms with Crippen molar-refractivity contribution in [2.45, 2.75) is 0 Å². The van der Waals surface area contributed by atoms with Crippen LogP contribution in [0.15, 0.2) is 42.5 Å². The third-order valence-corrected chi connectivity index (χ3v) is 2.77. The Morgan fingerprint density at radius 3 is 2.68 bits per heavy atom. The van der Waals surface area contributed by atoms with Crippen molar-refractivity contribution < 1.29 is 14.6 Å². The maximum Gasteiger partial charge on any atom is 0.259 e. The minimum atomic E-state index is -0.414. The molecule has 2 aromatic carbocycles. The van der Waals surface area contributed by atoms with Crippen LogP contribution in [-0.4, -0.2) is 18.1 Å². The van der Waals surface area contributed by atoms with Crippen LogP contribution >= 0.6 is 11.6 Å². The van der Waals surface area contributed by atoms with Crippen LogP contribution in [0.1, 0.15) is 10.4 Å². The number of hydrogen-bond donors (Lipinski definition) is 2. The number of ether oxygens (including phenoxy) is 1. The molecule has 1 amide bonds. The van der Waals surface area contributed by atoms with E-state index in [0.717, 1.165) is 0 Å². The van der Waals surface area contributed by atoms with Gasteiger partial charge in [-0.15, -0.1) is 0 Å². The second-order valence-corrected chi connectivity index (χ2v) is 4.28. The molecule has 0 aliphatic heterocycles. The molecule has 0 bridgehead atoms. The van der Waals surface area contributed by atoms with E-state index in [1.807, 2.05) is 0 Å². The van der Waals surface area contributed by atoms with Crippen molar-refractivity contribution in [3.05, 3.63) is 53.1 Å². The summed E-state index contributed by atoms with van der Waals surface area (Å²) in [5.41, 5.74) is 0.730. The van der Waals surface area contributed by atoms with Gasteiger partial charge in [-0.3, -0.25) is 4.79 Å². The molecule has 2 N–H and O–H groups in total. The first kappa shape index (κ1) is 13.2. The van der Waals surface area contributed by atoms with Crippen LogP contribution in [0.4, 0.5) is 5.69 Å². The predicted octanol–water partition coefficient (Wildman–Crippen LogP) is 3.31. The standard InChI is InChI=1S/C14H12ClNO3/c1-19-11-5-6-12(13(17)8-11)14(18)16-10-4-2-3-9(15)7-10/h2-8,17H,1H3,(H,16,18). The number of phenolic OH excluding ortho intramolecular Hbond substituents is 1. The number of rotatable bonds is 3. The molecule has 0 unspecified atom stereocenters. The molecule has 0 aromatic heterocycles. The molecule has 2 rings (SSSR count). The molecule has 0 aliphatic carbocycles. The minimum Gasteiger partial charge on any atom is -0.507 e. The monoisotopic (exact) mass is 277 g/mol. The van der Waals surface area contributed by atoms with E-state index in [9.17, 15) is 9.90 Å². The third kappa shape index (κ3) is 3.17. The second kappa shape index (κ2) is 5.63. The first-order chi connectivity index (χ1) is 9.10. The summed E-state index contributed by atoms with van der Waals surface area (Å²) in [4.78, 5) is 12.0. The van der Waals surface area contributed by atoms with Crippen molar-refractivity contribution in [2.75, 3.05) is 12.4 Å². The number of amides is 1. The molecule has 19 heavy (non-hydrogen) atoms. The second-order valence-electron chi connectivity index (χ2n) is 3.85. The molecule has 4 nitrogen and oxygen atoms in total. The van der Waals surface area contributed by atoms with Gasteiger partial charge < -0.3 is 15.2 Å². The Hall–Kier alpha value is -2.20. The molecule has 0 spiro atoms. The molecule has 5 heteroatoms.